The molecule has 0 unspecified atom stereocenters. The van der Waals surface area contributed by atoms with Crippen molar-refractivity contribution in [2.24, 2.45) is 0 Å². The van der Waals surface area contributed by atoms with E-state index in [-0.39, 0.29) is 23.0 Å². The molecule has 0 aliphatic heterocycles. The Labute approximate surface area is 161 Å². The minimum absolute atomic E-state index is 0.0410. The molecule has 3 aromatic rings. The van der Waals surface area contributed by atoms with Crippen LogP contribution in [0, 0.1) is 0 Å². The van der Waals surface area contributed by atoms with Gasteiger partial charge in [0.2, 0.25) is 15.8 Å². The number of sulfonamides is 1. The summed E-state index contributed by atoms with van der Waals surface area (Å²) < 4.78 is 41.4. The molecule has 2 aromatic carbocycles. The maximum atomic E-state index is 12.2. The number of carbonyl (C=O) groups excluding carboxylic acids is 1. The van der Waals surface area contributed by atoms with Gasteiger partial charge in [0.05, 0.1) is 23.1 Å². The molecule has 0 amide bonds. The van der Waals surface area contributed by atoms with Gasteiger partial charge in [0.15, 0.2) is 6.61 Å². The fourth-order valence-corrected chi connectivity index (χ4v) is 3.15. The molecule has 0 saturated heterocycles. The number of rotatable bonds is 7. The molecule has 0 atom stereocenters. The molecule has 1 N–H and O–H groups in total. The smallest absolute Gasteiger partial charge is 0.338 e. The second-order valence-electron chi connectivity index (χ2n) is 5.52. The minimum atomic E-state index is -3.67. The number of nitrogens with zero attached hydrogens (tertiary/aromatic N) is 2. The van der Waals surface area contributed by atoms with Crippen molar-refractivity contribution in [1.82, 2.24) is 14.9 Å². The highest BCUT2D eigenvalue weighted by atomic mass is 32.2. The highest BCUT2D eigenvalue weighted by molar-refractivity contribution is 7.89. The number of methoxy groups -OCH3 is 1. The molecule has 28 heavy (non-hydrogen) atoms. The fraction of sp³-hybridized carbons (Fsp3) is 0.167. The molecule has 0 fully saturated rings. The number of benzene rings is 2. The SMILES string of the molecule is CNS(=O)(=O)c1cccc(C(=O)OCc2nc(-c3ccccc3OC)no2)c1. The van der Waals surface area contributed by atoms with Crippen molar-refractivity contribution in [3.8, 4) is 17.1 Å². The molecule has 9 nitrogen and oxygen atoms in total. The molecule has 0 aliphatic rings. The van der Waals surface area contributed by atoms with Crippen LogP contribution < -0.4 is 9.46 Å². The first-order chi connectivity index (χ1) is 13.4. The second-order valence-corrected chi connectivity index (χ2v) is 7.41. The van der Waals surface area contributed by atoms with E-state index in [4.69, 9.17) is 14.0 Å². The lowest BCUT2D eigenvalue weighted by Gasteiger charge is -2.05. The van der Waals surface area contributed by atoms with E-state index in [1.807, 2.05) is 6.07 Å². The molecule has 0 radical (unpaired) electrons. The van der Waals surface area contributed by atoms with Gasteiger partial charge >= 0.3 is 5.97 Å². The van der Waals surface area contributed by atoms with Gasteiger partial charge in [-0.1, -0.05) is 23.4 Å². The predicted octanol–water partition coefficient (Wildman–Crippen LogP) is 2.01. The van der Waals surface area contributed by atoms with Crippen molar-refractivity contribution in [1.29, 1.82) is 0 Å². The van der Waals surface area contributed by atoms with Crippen LogP contribution in [-0.2, 0) is 21.4 Å². The Kier molecular flexibility index (Phi) is 5.71. The van der Waals surface area contributed by atoms with Gasteiger partial charge in [-0.2, -0.15) is 4.98 Å². The predicted molar refractivity (Wildman–Crippen MR) is 98.1 cm³/mol. The maximum Gasteiger partial charge on any atom is 0.338 e. The van der Waals surface area contributed by atoms with Crippen LogP contribution in [-0.4, -0.2) is 38.7 Å². The molecule has 1 heterocycles. The Morgan fingerprint density at radius 2 is 1.96 bits per heavy atom. The topological polar surface area (TPSA) is 121 Å². The lowest BCUT2D eigenvalue weighted by molar-refractivity contribution is 0.0429. The quantitative estimate of drug-likeness (QED) is 0.595. The van der Waals surface area contributed by atoms with E-state index < -0.39 is 16.0 Å². The van der Waals surface area contributed by atoms with Crippen LogP contribution >= 0.6 is 0 Å². The Hall–Kier alpha value is -3.24. The summed E-state index contributed by atoms with van der Waals surface area (Å²) in [6.07, 6.45) is 0. The molecule has 0 bridgehead atoms. The molecule has 3 rings (SSSR count). The molecule has 0 saturated carbocycles. The largest absolute Gasteiger partial charge is 0.496 e. The summed E-state index contributed by atoms with van der Waals surface area (Å²) in [6.45, 7) is -0.260. The Morgan fingerprint density at radius 3 is 2.71 bits per heavy atom. The molecular weight excluding hydrogens is 386 g/mol. The van der Waals surface area contributed by atoms with Crippen molar-refractivity contribution in [3.05, 3.63) is 60.0 Å². The maximum absolute atomic E-state index is 12.2. The van der Waals surface area contributed by atoms with Crippen LogP contribution in [0.15, 0.2) is 57.9 Å². The van der Waals surface area contributed by atoms with E-state index in [0.717, 1.165) is 0 Å². The number of nitrogens with one attached hydrogen (secondary N) is 1. The zero-order chi connectivity index (χ0) is 20.1. The standard InChI is InChI=1S/C18H17N3O6S/c1-19-28(23,24)13-7-5-6-12(10-13)18(22)26-11-16-20-17(21-27-16)14-8-3-4-9-15(14)25-2/h3-10,19H,11H2,1-2H3. The van der Waals surface area contributed by atoms with Gasteiger partial charge in [-0.05, 0) is 37.4 Å². The number of hydrogen-bond donors (Lipinski definition) is 1. The fourth-order valence-electron chi connectivity index (χ4n) is 2.37. The van der Waals surface area contributed by atoms with Crippen molar-refractivity contribution in [2.45, 2.75) is 11.5 Å². The first-order valence-corrected chi connectivity index (χ1v) is 9.59. The van der Waals surface area contributed by atoms with E-state index in [1.165, 1.54) is 38.4 Å². The summed E-state index contributed by atoms with van der Waals surface area (Å²) >= 11 is 0. The van der Waals surface area contributed by atoms with E-state index >= 15 is 0 Å². The number of carbonyl (C=O) groups is 1. The van der Waals surface area contributed by atoms with E-state index in [2.05, 4.69) is 14.9 Å². The molecule has 1 aromatic heterocycles. The minimum Gasteiger partial charge on any atom is -0.496 e. The van der Waals surface area contributed by atoms with E-state index in [0.29, 0.717) is 17.1 Å². The Morgan fingerprint density at radius 1 is 1.18 bits per heavy atom. The molecular formula is C18H17N3O6S. The van der Waals surface area contributed by atoms with Crippen molar-refractivity contribution in [3.63, 3.8) is 0 Å². The van der Waals surface area contributed by atoms with Crippen LogP contribution in [0.1, 0.15) is 16.2 Å². The van der Waals surface area contributed by atoms with Gasteiger partial charge in [0, 0.05) is 0 Å². The summed E-state index contributed by atoms with van der Waals surface area (Å²) in [5.74, 6) is 0.249. The molecule has 0 spiro atoms. The summed E-state index contributed by atoms with van der Waals surface area (Å²) in [5.41, 5.74) is 0.720. The average Bonchev–Trinajstić information content (AvgIpc) is 3.21. The number of hydrogen-bond acceptors (Lipinski definition) is 8. The first-order valence-electron chi connectivity index (χ1n) is 8.11. The lowest BCUT2D eigenvalue weighted by atomic mass is 10.2. The highest BCUT2D eigenvalue weighted by Gasteiger charge is 2.17. The molecule has 0 aliphatic carbocycles. The summed E-state index contributed by atoms with van der Waals surface area (Å²) in [7, 11) is -0.847. The molecule has 146 valence electrons. The van der Waals surface area contributed by atoms with Crippen LogP contribution in [0.3, 0.4) is 0 Å². The Bertz CT molecular complexity index is 1090. The number of esters is 1. The second kappa shape index (κ2) is 8.19. The molecule has 10 heteroatoms. The van der Waals surface area contributed by atoms with Gasteiger partial charge in [-0.3, -0.25) is 0 Å². The van der Waals surface area contributed by atoms with Gasteiger partial charge < -0.3 is 14.0 Å². The number of para-hydroxylation sites is 1. The summed E-state index contributed by atoms with van der Waals surface area (Å²) in [4.78, 5) is 16.4. The van der Waals surface area contributed by atoms with E-state index in [9.17, 15) is 13.2 Å². The summed E-state index contributed by atoms with van der Waals surface area (Å²) in [6, 6.07) is 12.7. The van der Waals surface area contributed by atoms with Crippen LogP contribution in [0.2, 0.25) is 0 Å². The van der Waals surface area contributed by atoms with Crippen molar-refractivity contribution in [2.75, 3.05) is 14.2 Å². The van der Waals surface area contributed by atoms with Crippen LogP contribution in [0.25, 0.3) is 11.4 Å². The van der Waals surface area contributed by atoms with Crippen molar-refractivity contribution >= 4 is 16.0 Å². The van der Waals surface area contributed by atoms with Gasteiger partial charge in [-0.25, -0.2) is 17.9 Å². The normalized spacial score (nSPS) is 11.2. The third kappa shape index (κ3) is 4.18. The van der Waals surface area contributed by atoms with Crippen LogP contribution in [0.4, 0.5) is 0 Å². The van der Waals surface area contributed by atoms with Crippen molar-refractivity contribution < 1.29 is 27.2 Å². The average molecular weight is 403 g/mol. The number of ether oxygens (including phenoxy) is 2. The van der Waals surface area contributed by atoms with Crippen LogP contribution in [0.5, 0.6) is 5.75 Å². The van der Waals surface area contributed by atoms with Gasteiger partial charge in [-0.15, -0.1) is 0 Å². The van der Waals surface area contributed by atoms with Gasteiger partial charge in [0.1, 0.15) is 5.75 Å². The number of aromatic nitrogens is 2. The zero-order valence-corrected chi connectivity index (χ0v) is 15.9. The third-order valence-electron chi connectivity index (χ3n) is 3.79. The van der Waals surface area contributed by atoms with Gasteiger partial charge in [0.25, 0.3) is 5.89 Å². The first kappa shape index (κ1) is 19.5. The monoisotopic (exact) mass is 403 g/mol. The van der Waals surface area contributed by atoms with E-state index in [1.54, 1.807) is 18.2 Å². The lowest BCUT2D eigenvalue weighted by Crippen LogP contribution is -2.19. The summed E-state index contributed by atoms with van der Waals surface area (Å²) in [5, 5.41) is 3.86. The highest BCUT2D eigenvalue weighted by Crippen LogP contribution is 2.27. The third-order valence-corrected chi connectivity index (χ3v) is 5.20. The zero-order valence-electron chi connectivity index (χ0n) is 15.1. The Balaban J connectivity index is 1.71.